The van der Waals surface area contributed by atoms with Gasteiger partial charge in [-0.15, -0.1) is 0 Å². The highest BCUT2D eigenvalue weighted by Crippen LogP contribution is 2.12. The molecule has 3 nitrogen and oxygen atoms in total. The van der Waals surface area contributed by atoms with E-state index in [0.717, 1.165) is 38.5 Å². The second-order valence-corrected chi connectivity index (χ2v) is 5.41. The summed E-state index contributed by atoms with van der Waals surface area (Å²) in [5, 5.41) is 3.58. The van der Waals surface area contributed by atoms with E-state index in [0.29, 0.717) is 6.04 Å². The minimum absolute atomic E-state index is 0.665. The predicted molar refractivity (Wildman–Crippen MR) is 79.8 cm³/mol. The molecular formula is C16H26N2O. The Morgan fingerprint density at radius 2 is 2.32 bits per heavy atom. The van der Waals surface area contributed by atoms with Crippen LogP contribution in [0.5, 0.6) is 5.75 Å². The Labute approximate surface area is 116 Å². The van der Waals surface area contributed by atoms with Crippen molar-refractivity contribution in [3.05, 3.63) is 29.8 Å². The molecule has 1 atom stereocenters. The summed E-state index contributed by atoms with van der Waals surface area (Å²) < 4.78 is 5.82. The normalized spacial score (nSPS) is 20.4. The fraction of sp³-hybridized carbons (Fsp3) is 0.625. The molecule has 1 aromatic rings. The monoisotopic (exact) mass is 262 g/mol. The number of rotatable bonds is 6. The molecule has 1 N–H and O–H groups in total. The second kappa shape index (κ2) is 7.51. The molecule has 0 bridgehead atoms. The number of hydrogen-bond donors (Lipinski definition) is 1. The van der Waals surface area contributed by atoms with Crippen LogP contribution in [0.4, 0.5) is 0 Å². The molecule has 2 rings (SSSR count). The maximum atomic E-state index is 5.82. The first-order valence-electron chi connectivity index (χ1n) is 7.43. The molecule has 0 radical (unpaired) electrons. The number of piperazine rings is 1. The summed E-state index contributed by atoms with van der Waals surface area (Å²) in [6.45, 7) is 9.55. The van der Waals surface area contributed by atoms with Gasteiger partial charge >= 0.3 is 0 Å². The van der Waals surface area contributed by atoms with Gasteiger partial charge in [0.15, 0.2) is 0 Å². The van der Waals surface area contributed by atoms with Crippen LogP contribution in [-0.4, -0.2) is 43.7 Å². The fourth-order valence-electron chi connectivity index (χ4n) is 2.64. The fourth-order valence-corrected chi connectivity index (χ4v) is 2.64. The van der Waals surface area contributed by atoms with Gasteiger partial charge < -0.3 is 10.1 Å². The number of aryl methyl sites for hydroxylation is 1. The zero-order valence-corrected chi connectivity index (χ0v) is 12.2. The van der Waals surface area contributed by atoms with Gasteiger partial charge in [0.2, 0.25) is 0 Å². The van der Waals surface area contributed by atoms with E-state index in [-0.39, 0.29) is 0 Å². The maximum Gasteiger partial charge on any atom is 0.119 e. The van der Waals surface area contributed by atoms with Crippen LogP contribution in [-0.2, 0) is 0 Å². The molecule has 19 heavy (non-hydrogen) atoms. The van der Waals surface area contributed by atoms with Crippen molar-refractivity contribution < 1.29 is 4.74 Å². The van der Waals surface area contributed by atoms with Crippen LogP contribution in [0.15, 0.2) is 24.3 Å². The van der Waals surface area contributed by atoms with Crippen molar-refractivity contribution in [3.63, 3.8) is 0 Å². The molecule has 0 saturated carbocycles. The Balaban J connectivity index is 1.70. The molecule has 106 valence electrons. The molecule has 0 aromatic heterocycles. The van der Waals surface area contributed by atoms with E-state index < -0.39 is 0 Å². The van der Waals surface area contributed by atoms with E-state index in [4.69, 9.17) is 4.74 Å². The second-order valence-electron chi connectivity index (χ2n) is 5.41. The predicted octanol–water partition coefficient (Wildman–Crippen LogP) is 2.45. The van der Waals surface area contributed by atoms with Gasteiger partial charge in [-0.2, -0.15) is 0 Å². The molecule has 0 amide bonds. The van der Waals surface area contributed by atoms with Gasteiger partial charge in [0.05, 0.1) is 0 Å². The van der Waals surface area contributed by atoms with Crippen LogP contribution >= 0.6 is 0 Å². The van der Waals surface area contributed by atoms with Gasteiger partial charge in [0.1, 0.15) is 12.4 Å². The molecule has 1 aliphatic heterocycles. The van der Waals surface area contributed by atoms with Crippen LogP contribution < -0.4 is 10.1 Å². The van der Waals surface area contributed by atoms with Gasteiger partial charge in [0, 0.05) is 32.2 Å². The van der Waals surface area contributed by atoms with E-state index in [1.165, 1.54) is 18.4 Å². The molecule has 3 heteroatoms. The Kier molecular flexibility index (Phi) is 5.67. The first-order chi connectivity index (χ1) is 9.28. The average Bonchev–Trinajstić information content (AvgIpc) is 2.40. The summed E-state index contributed by atoms with van der Waals surface area (Å²) in [5.41, 5.74) is 1.25. The van der Waals surface area contributed by atoms with Gasteiger partial charge in [-0.3, -0.25) is 4.90 Å². The van der Waals surface area contributed by atoms with E-state index in [1.54, 1.807) is 0 Å². The molecule has 1 aromatic carbocycles. The Morgan fingerprint density at radius 3 is 3.11 bits per heavy atom. The number of nitrogens with one attached hydrogen (secondary N) is 1. The lowest BCUT2D eigenvalue weighted by Crippen LogP contribution is -2.51. The third kappa shape index (κ3) is 4.84. The summed E-state index contributed by atoms with van der Waals surface area (Å²) >= 11 is 0. The van der Waals surface area contributed by atoms with Gasteiger partial charge in [-0.1, -0.05) is 25.5 Å². The zero-order valence-electron chi connectivity index (χ0n) is 12.2. The molecule has 0 spiro atoms. The highest BCUT2D eigenvalue weighted by Gasteiger charge is 2.17. The van der Waals surface area contributed by atoms with Crippen molar-refractivity contribution >= 4 is 0 Å². The van der Waals surface area contributed by atoms with E-state index >= 15 is 0 Å². The lowest BCUT2D eigenvalue weighted by Gasteiger charge is -2.33. The molecule has 1 saturated heterocycles. The van der Waals surface area contributed by atoms with Crippen molar-refractivity contribution in [2.24, 2.45) is 0 Å². The molecule has 1 heterocycles. The van der Waals surface area contributed by atoms with Crippen molar-refractivity contribution in [1.29, 1.82) is 0 Å². The molecule has 1 fully saturated rings. The first kappa shape index (κ1) is 14.4. The van der Waals surface area contributed by atoms with E-state index in [2.05, 4.69) is 36.2 Å². The highest BCUT2D eigenvalue weighted by atomic mass is 16.5. The Hall–Kier alpha value is -1.06. The topological polar surface area (TPSA) is 24.5 Å². The van der Waals surface area contributed by atoms with Crippen molar-refractivity contribution in [2.75, 3.05) is 32.8 Å². The third-order valence-corrected chi connectivity index (χ3v) is 3.64. The Morgan fingerprint density at radius 1 is 1.42 bits per heavy atom. The Bertz CT molecular complexity index is 379. The molecule has 1 unspecified atom stereocenters. The summed E-state index contributed by atoms with van der Waals surface area (Å²) in [4.78, 5) is 2.51. The lowest BCUT2D eigenvalue weighted by atomic mass is 10.1. The van der Waals surface area contributed by atoms with Gasteiger partial charge in [-0.05, 0) is 31.0 Å². The smallest absolute Gasteiger partial charge is 0.119 e. The molecule has 0 aliphatic carbocycles. The largest absolute Gasteiger partial charge is 0.492 e. The van der Waals surface area contributed by atoms with Gasteiger partial charge in [-0.25, -0.2) is 0 Å². The van der Waals surface area contributed by atoms with Gasteiger partial charge in [0.25, 0.3) is 0 Å². The standard InChI is InChI=1S/C16H26N2O/c1-3-5-15-13-18(9-8-17-15)10-11-19-16-7-4-6-14(2)12-16/h4,6-7,12,15,17H,3,5,8-11,13H2,1-2H3. The van der Waals surface area contributed by atoms with Crippen molar-refractivity contribution in [1.82, 2.24) is 10.2 Å². The van der Waals surface area contributed by atoms with Crippen LogP contribution in [0.2, 0.25) is 0 Å². The quantitative estimate of drug-likeness (QED) is 0.852. The highest BCUT2D eigenvalue weighted by molar-refractivity contribution is 5.27. The van der Waals surface area contributed by atoms with Crippen LogP contribution in [0, 0.1) is 6.92 Å². The van der Waals surface area contributed by atoms with E-state index in [1.807, 2.05) is 12.1 Å². The minimum atomic E-state index is 0.665. The number of nitrogens with zero attached hydrogens (tertiary/aromatic N) is 1. The SMILES string of the molecule is CCCC1CN(CCOc2cccc(C)c2)CCN1. The summed E-state index contributed by atoms with van der Waals surface area (Å²) in [6, 6.07) is 8.94. The summed E-state index contributed by atoms with van der Waals surface area (Å²) in [7, 11) is 0. The van der Waals surface area contributed by atoms with Crippen LogP contribution in [0.25, 0.3) is 0 Å². The lowest BCUT2D eigenvalue weighted by molar-refractivity contribution is 0.162. The number of ether oxygens (including phenoxy) is 1. The third-order valence-electron chi connectivity index (χ3n) is 3.64. The average molecular weight is 262 g/mol. The van der Waals surface area contributed by atoms with Crippen LogP contribution in [0.3, 0.4) is 0 Å². The van der Waals surface area contributed by atoms with Crippen LogP contribution in [0.1, 0.15) is 25.3 Å². The summed E-state index contributed by atoms with van der Waals surface area (Å²) in [5.74, 6) is 0.986. The van der Waals surface area contributed by atoms with Crippen molar-refractivity contribution in [2.45, 2.75) is 32.7 Å². The van der Waals surface area contributed by atoms with Crippen molar-refractivity contribution in [3.8, 4) is 5.75 Å². The zero-order chi connectivity index (χ0) is 13.5. The summed E-state index contributed by atoms with van der Waals surface area (Å²) in [6.07, 6.45) is 2.53. The molecule has 1 aliphatic rings. The number of hydrogen-bond acceptors (Lipinski definition) is 3. The van der Waals surface area contributed by atoms with E-state index in [9.17, 15) is 0 Å². The number of benzene rings is 1. The minimum Gasteiger partial charge on any atom is -0.492 e. The molecular weight excluding hydrogens is 236 g/mol. The maximum absolute atomic E-state index is 5.82. The first-order valence-corrected chi connectivity index (χ1v) is 7.43.